The molecule has 0 aromatic rings. The number of fused-ring (bicyclic) bond motifs is 5. The van der Waals surface area contributed by atoms with Crippen LogP contribution in [0.25, 0.3) is 0 Å². The van der Waals surface area contributed by atoms with Crippen LogP contribution in [-0.2, 0) is 23.7 Å². The van der Waals surface area contributed by atoms with Crippen LogP contribution >= 0.6 is 0 Å². The Morgan fingerprint density at radius 1 is 0.933 bits per heavy atom. The lowest BCUT2D eigenvalue weighted by atomic mass is 9.42. The largest absolute Gasteiger partial charge is 0.501 e. The smallest absolute Gasteiger partial charge is 0.270 e. The van der Waals surface area contributed by atoms with Crippen LogP contribution in [0.2, 0.25) is 0 Å². The van der Waals surface area contributed by atoms with Crippen LogP contribution in [0.3, 0.4) is 0 Å². The number of carbonyl (C=O) groups is 1. The first-order valence-corrected chi connectivity index (χ1v) is 11.3. The summed E-state index contributed by atoms with van der Waals surface area (Å²) < 4.78 is 19.3. The van der Waals surface area contributed by atoms with Crippen LogP contribution < -0.4 is 0 Å². The summed E-state index contributed by atoms with van der Waals surface area (Å²) in [6, 6.07) is 0. The van der Waals surface area contributed by atoms with Crippen molar-refractivity contribution in [2.45, 2.75) is 72.2 Å². The highest BCUT2D eigenvalue weighted by atomic mass is 16.8. The van der Waals surface area contributed by atoms with Crippen LogP contribution in [0, 0.1) is 28.1 Å². The fraction of sp³-hybridized carbons (Fsp3) is 0.800. The van der Waals surface area contributed by atoms with Crippen LogP contribution in [0.5, 0.6) is 0 Å². The van der Waals surface area contributed by atoms with Gasteiger partial charge in [-0.05, 0) is 66.4 Å². The van der Waals surface area contributed by atoms with E-state index in [1.807, 2.05) is 0 Å². The fourth-order valence-corrected chi connectivity index (χ4v) is 6.85. The predicted molar refractivity (Wildman–Crippen MR) is 117 cm³/mol. The van der Waals surface area contributed by atoms with Gasteiger partial charge < -0.3 is 18.9 Å². The Balaban J connectivity index is 0.000000318. The maximum Gasteiger partial charge on any atom is 0.270 e. The van der Waals surface area contributed by atoms with Crippen LogP contribution in [0.1, 0.15) is 65.7 Å². The molecule has 2 fully saturated rings. The van der Waals surface area contributed by atoms with Crippen molar-refractivity contribution in [2.24, 2.45) is 28.1 Å². The van der Waals surface area contributed by atoms with E-state index in [-0.39, 0.29) is 10.8 Å². The predicted octanol–water partition coefficient (Wildman–Crippen LogP) is 5.26. The number of hydrogen-bond acceptors (Lipinski definition) is 5. The highest BCUT2D eigenvalue weighted by molar-refractivity contribution is 5.87. The number of ketones is 1. The van der Waals surface area contributed by atoms with E-state index in [0.29, 0.717) is 23.0 Å². The van der Waals surface area contributed by atoms with E-state index in [0.717, 1.165) is 37.9 Å². The molecule has 170 valence electrons. The van der Waals surface area contributed by atoms with E-state index in [2.05, 4.69) is 47.1 Å². The summed E-state index contributed by atoms with van der Waals surface area (Å²) in [5.74, 6) is 2.93. The molecule has 0 bridgehead atoms. The number of Topliss-reactive ketones (excluding diaryl/α,β-unsaturated/α-hetero) is 1. The molecule has 30 heavy (non-hydrogen) atoms. The molecular weight excluding hydrogens is 380 g/mol. The summed E-state index contributed by atoms with van der Waals surface area (Å²) >= 11 is 0. The molecule has 4 aliphatic rings. The molecule has 0 N–H and O–H groups in total. The van der Waals surface area contributed by atoms with Crippen molar-refractivity contribution in [2.75, 3.05) is 28.4 Å². The Labute approximate surface area is 182 Å². The summed E-state index contributed by atoms with van der Waals surface area (Å²) in [7, 11) is 6.32. The second kappa shape index (κ2) is 8.76. The lowest BCUT2D eigenvalue weighted by Gasteiger charge is -2.62. The standard InChI is InChI=1S/C21H30O2.C4H10O3/c1-19-11-12-21(3)17(16(19)7-8-18(19)22)6-5-14-13-15(23-4)9-10-20(14,21)2;1-5-4(6-2)7-3/h5,13,16-17H,6-12H2,1-4H3;4H,1-3H3/t16?,17?,19?,20?,21-;/m0./s1. The normalized spacial score (nSPS) is 39.8. The number of hydrogen-bond donors (Lipinski definition) is 0. The fourth-order valence-electron chi connectivity index (χ4n) is 6.85. The lowest BCUT2D eigenvalue weighted by Crippen LogP contribution is -2.55. The molecule has 0 aromatic heterocycles. The van der Waals surface area contributed by atoms with Crippen molar-refractivity contribution in [3.63, 3.8) is 0 Å². The van der Waals surface area contributed by atoms with Crippen LogP contribution in [0.15, 0.2) is 23.5 Å². The monoisotopic (exact) mass is 420 g/mol. The highest BCUT2D eigenvalue weighted by Gasteiger charge is 2.63. The molecule has 4 unspecified atom stereocenters. The van der Waals surface area contributed by atoms with Gasteiger partial charge in [0.15, 0.2) is 0 Å². The third kappa shape index (κ3) is 3.57. The van der Waals surface area contributed by atoms with Crippen LogP contribution in [0.4, 0.5) is 0 Å². The van der Waals surface area contributed by atoms with Gasteiger partial charge in [0.2, 0.25) is 0 Å². The lowest BCUT2D eigenvalue weighted by molar-refractivity contribution is -0.252. The highest BCUT2D eigenvalue weighted by Crippen LogP contribution is 2.69. The van der Waals surface area contributed by atoms with Gasteiger partial charge in [0.25, 0.3) is 6.48 Å². The summed E-state index contributed by atoms with van der Waals surface area (Å²) in [6.45, 7) is 6.75. The quantitative estimate of drug-likeness (QED) is 0.581. The van der Waals surface area contributed by atoms with Gasteiger partial charge in [-0.3, -0.25) is 4.79 Å². The van der Waals surface area contributed by atoms with Crippen molar-refractivity contribution >= 4 is 5.78 Å². The summed E-state index contributed by atoms with van der Waals surface area (Å²) in [5.41, 5.74) is 2.02. The van der Waals surface area contributed by atoms with E-state index in [1.165, 1.54) is 39.7 Å². The zero-order valence-corrected chi connectivity index (χ0v) is 19.9. The van der Waals surface area contributed by atoms with E-state index in [9.17, 15) is 4.79 Å². The third-order valence-corrected chi connectivity index (χ3v) is 9.12. The van der Waals surface area contributed by atoms with Gasteiger partial charge in [0.05, 0.1) is 12.9 Å². The van der Waals surface area contributed by atoms with Gasteiger partial charge in [0, 0.05) is 39.6 Å². The van der Waals surface area contributed by atoms with Gasteiger partial charge in [0.1, 0.15) is 5.78 Å². The number of rotatable bonds is 4. The van der Waals surface area contributed by atoms with Crippen molar-refractivity contribution in [1.29, 1.82) is 0 Å². The molecule has 5 atom stereocenters. The minimum absolute atomic E-state index is 0.0337. The number of ether oxygens (including phenoxy) is 4. The van der Waals surface area contributed by atoms with Gasteiger partial charge in [-0.2, -0.15) is 0 Å². The first kappa shape index (κ1) is 23.5. The molecule has 2 saturated carbocycles. The van der Waals surface area contributed by atoms with E-state index < -0.39 is 6.48 Å². The number of allylic oxidation sites excluding steroid dienone is 4. The molecular formula is C25H40O5. The Bertz CT molecular complexity index is 703. The Morgan fingerprint density at radius 3 is 2.17 bits per heavy atom. The zero-order valence-electron chi connectivity index (χ0n) is 19.9. The van der Waals surface area contributed by atoms with E-state index in [1.54, 1.807) is 7.11 Å². The van der Waals surface area contributed by atoms with Gasteiger partial charge in [-0.25, -0.2) is 0 Å². The molecule has 0 saturated heterocycles. The first-order valence-electron chi connectivity index (χ1n) is 11.3. The molecule has 0 aliphatic heterocycles. The van der Waals surface area contributed by atoms with Gasteiger partial charge in [-0.1, -0.05) is 26.8 Å². The maximum absolute atomic E-state index is 12.5. The Morgan fingerprint density at radius 2 is 1.60 bits per heavy atom. The molecule has 0 aromatic carbocycles. The van der Waals surface area contributed by atoms with E-state index >= 15 is 0 Å². The van der Waals surface area contributed by atoms with Crippen molar-refractivity contribution in [1.82, 2.24) is 0 Å². The molecule has 0 radical (unpaired) electrons. The molecule has 5 heteroatoms. The molecule has 4 rings (SSSR count). The average Bonchev–Trinajstić information content (AvgIpc) is 3.05. The van der Waals surface area contributed by atoms with Crippen molar-refractivity contribution < 1.29 is 23.7 Å². The average molecular weight is 421 g/mol. The summed E-state index contributed by atoms with van der Waals surface area (Å²) in [4.78, 5) is 12.5. The molecule has 5 nitrogen and oxygen atoms in total. The SMILES string of the molecule is COC(OC)OC.COC1=CC2=CCC3C4CCC(=O)C4(C)CC[C@]3(C)C2(C)CC1. The Hall–Kier alpha value is -1.17. The molecule has 0 amide bonds. The third-order valence-electron chi connectivity index (χ3n) is 9.12. The minimum Gasteiger partial charge on any atom is -0.501 e. The zero-order chi connectivity index (χ0) is 22.2. The maximum atomic E-state index is 12.5. The summed E-state index contributed by atoms with van der Waals surface area (Å²) in [6.07, 6.45) is 12.4. The summed E-state index contributed by atoms with van der Waals surface area (Å²) in [5, 5.41) is 0. The minimum atomic E-state index is -0.514. The van der Waals surface area contributed by atoms with E-state index in [4.69, 9.17) is 4.74 Å². The first-order chi connectivity index (χ1) is 14.2. The van der Waals surface area contributed by atoms with Crippen molar-refractivity contribution in [3.05, 3.63) is 23.5 Å². The van der Waals surface area contributed by atoms with Crippen LogP contribution in [-0.4, -0.2) is 40.7 Å². The Kier molecular flexibility index (Phi) is 6.86. The van der Waals surface area contributed by atoms with Gasteiger partial charge >= 0.3 is 0 Å². The number of methoxy groups -OCH3 is 4. The number of carbonyl (C=O) groups excluding carboxylic acids is 1. The topological polar surface area (TPSA) is 54.0 Å². The van der Waals surface area contributed by atoms with Gasteiger partial charge in [-0.15, -0.1) is 0 Å². The molecule has 4 aliphatic carbocycles. The second-order valence-corrected chi connectivity index (χ2v) is 10.0. The molecule has 0 heterocycles. The molecule has 0 spiro atoms. The van der Waals surface area contributed by atoms with Crippen molar-refractivity contribution in [3.8, 4) is 0 Å². The second-order valence-electron chi connectivity index (χ2n) is 10.0.